The average Bonchev–Trinajstić information content (AvgIpc) is 2.79. The number of carbonyl (C=O) groups excluding carboxylic acids is 1. The van der Waals surface area contributed by atoms with Gasteiger partial charge in [-0.3, -0.25) is 4.79 Å². The average molecular weight is 219 g/mol. The van der Waals surface area contributed by atoms with Gasteiger partial charge in [0.2, 0.25) is 5.82 Å². The predicted molar refractivity (Wildman–Crippen MR) is 53.5 cm³/mol. The number of H-pyrrole nitrogens is 1. The van der Waals surface area contributed by atoms with Crippen LogP contribution in [0.5, 0.6) is 5.75 Å². The third-order valence-corrected chi connectivity index (χ3v) is 1.90. The summed E-state index contributed by atoms with van der Waals surface area (Å²) in [6.45, 7) is 0.126. The van der Waals surface area contributed by atoms with Crippen molar-refractivity contribution >= 4 is 5.91 Å². The predicted octanol–water partition coefficient (Wildman–Crippen LogP) is -0.122. The van der Waals surface area contributed by atoms with Crippen molar-refractivity contribution < 1.29 is 9.53 Å². The minimum Gasteiger partial charge on any atom is -0.485 e. The van der Waals surface area contributed by atoms with Crippen LogP contribution in [0.3, 0.4) is 0 Å². The van der Waals surface area contributed by atoms with Crippen LogP contribution in [0.4, 0.5) is 0 Å². The van der Waals surface area contributed by atoms with E-state index in [0.717, 1.165) is 0 Å². The minimum atomic E-state index is -0.538. The Bertz CT molecular complexity index is 482. The number of aromatic amines is 1. The molecule has 1 amide bonds. The number of hydrogen-bond donors (Lipinski definition) is 2. The fourth-order valence-electron chi connectivity index (χ4n) is 1.18. The van der Waals surface area contributed by atoms with E-state index in [2.05, 4.69) is 20.6 Å². The molecule has 2 aromatic rings. The fraction of sp³-hybridized carbons (Fsp3) is 0.111. The normalized spacial score (nSPS) is 10.0. The largest absolute Gasteiger partial charge is 0.485 e. The molecule has 1 aromatic heterocycles. The maximum absolute atomic E-state index is 11.1. The van der Waals surface area contributed by atoms with Gasteiger partial charge < -0.3 is 10.5 Å². The van der Waals surface area contributed by atoms with Crippen LogP contribution in [0.15, 0.2) is 24.3 Å². The van der Waals surface area contributed by atoms with Crippen LogP contribution in [0.1, 0.15) is 16.2 Å². The number of ether oxygens (including phenoxy) is 1. The van der Waals surface area contributed by atoms with Crippen LogP contribution in [-0.4, -0.2) is 26.5 Å². The summed E-state index contributed by atoms with van der Waals surface area (Å²) < 4.78 is 5.36. The molecule has 0 bridgehead atoms. The van der Waals surface area contributed by atoms with Crippen molar-refractivity contribution in [1.29, 1.82) is 0 Å². The molecule has 0 aliphatic carbocycles. The lowest BCUT2D eigenvalue weighted by atomic mass is 10.2. The van der Waals surface area contributed by atoms with E-state index in [1.807, 2.05) is 0 Å². The van der Waals surface area contributed by atoms with E-state index in [0.29, 0.717) is 17.1 Å². The van der Waals surface area contributed by atoms with E-state index >= 15 is 0 Å². The highest BCUT2D eigenvalue weighted by molar-refractivity contribution is 5.95. The summed E-state index contributed by atoms with van der Waals surface area (Å²) in [6, 6.07) is 6.70. The molecule has 7 nitrogen and oxygen atoms in total. The lowest BCUT2D eigenvalue weighted by Crippen LogP contribution is -2.13. The third kappa shape index (κ3) is 2.14. The topological polar surface area (TPSA) is 107 Å². The Kier molecular flexibility index (Phi) is 2.77. The number of amides is 1. The van der Waals surface area contributed by atoms with Gasteiger partial charge in [0, 0.05) is 0 Å². The molecular formula is C9H9N5O2. The number of primary amides is 1. The Morgan fingerprint density at radius 3 is 2.94 bits per heavy atom. The van der Waals surface area contributed by atoms with Crippen LogP contribution < -0.4 is 10.5 Å². The summed E-state index contributed by atoms with van der Waals surface area (Å²) >= 11 is 0. The van der Waals surface area contributed by atoms with Gasteiger partial charge in [-0.25, -0.2) is 0 Å². The van der Waals surface area contributed by atoms with Gasteiger partial charge in [-0.05, 0) is 12.1 Å². The summed E-state index contributed by atoms with van der Waals surface area (Å²) in [5.74, 6) is 0.266. The molecule has 0 aliphatic heterocycles. The van der Waals surface area contributed by atoms with Gasteiger partial charge in [0.05, 0.1) is 5.56 Å². The van der Waals surface area contributed by atoms with E-state index in [9.17, 15) is 4.79 Å². The molecule has 3 N–H and O–H groups in total. The number of aromatic nitrogens is 4. The van der Waals surface area contributed by atoms with Crippen molar-refractivity contribution in [3.63, 3.8) is 0 Å². The van der Waals surface area contributed by atoms with Crippen LogP contribution >= 0.6 is 0 Å². The number of nitrogens with zero attached hydrogens (tertiary/aromatic N) is 3. The first-order chi connectivity index (χ1) is 7.77. The van der Waals surface area contributed by atoms with Crippen molar-refractivity contribution in [3.05, 3.63) is 35.7 Å². The Labute approximate surface area is 90.6 Å². The highest BCUT2D eigenvalue weighted by atomic mass is 16.5. The molecule has 82 valence electrons. The van der Waals surface area contributed by atoms with Crippen LogP contribution in [-0.2, 0) is 6.61 Å². The third-order valence-electron chi connectivity index (χ3n) is 1.90. The second kappa shape index (κ2) is 4.39. The summed E-state index contributed by atoms with van der Waals surface area (Å²) in [5, 5.41) is 13.1. The summed E-state index contributed by atoms with van der Waals surface area (Å²) in [5.41, 5.74) is 5.52. The SMILES string of the molecule is NC(=O)c1ccccc1OCc1nn[nH]n1. The number of carbonyl (C=O) groups is 1. The molecule has 16 heavy (non-hydrogen) atoms. The Balaban J connectivity index is 2.12. The number of nitrogens with two attached hydrogens (primary N) is 1. The van der Waals surface area contributed by atoms with Gasteiger partial charge in [0.15, 0.2) is 6.61 Å². The maximum Gasteiger partial charge on any atom is 0.252 e. The lowest BCUT2D eigenvalue weighted by Gasteiger charge is -2.06. The van der Waals surface area contributed by atoms with Gasteiger partial charge in [-0.2, -0.15) is 5.21 Å². The second-order valence-corrected chi connectivity index (χ2v) is 2.98. The summed E-state index contributed by atoms with van der Waals surface area (Å²) in [6.07, 6.45) is 0. The number of benzene rings is 1. The Hall–Kier alpha value is -2.44. The number of tetrazole rings is 1. The van der Waals surface area contributed by atoms with Crippen LogP contribution in [0.2, 0.25) is 0 Å². The van der Waals surface area contributed by atoms with Crippen molar-refractivity contribution in [1.82, 2.24) is 20.6 Å². The zero-order valence-corrected chi connectivity index (χ0v) is 8.25. The molecule has 0 fully saturated rings. The Morgan fingerprint density at radius 2 is 2.25 bits per heavy atom. The molecule has 0 spiro atoms. The first kappa shape index (κ1) is 10.1. The number of nitrogens with one attached hydrogen (secondary N) is 1. The molecular weight excluding hydrogens is 210 g/mol. The molecule has 2 rings (SSSR count). The molecule has 1 heterocycles. The van der Waals surface area contributed by atoms with E-state index in [1.54, 1.807) is 24.3 Å². The van der Waals surface area contributed by atoms with Crippen molar-refractivity contribution in [2.45, 2.75) is 6.61 Å². The minimum absolute atomic E-state index is 0.126. The highest BCUT2D eigenvalue weighted by Crippen LogP contribution is 2.17. The lowest BCUT2D eigenvalue weighted by molar-refractivity contribution is 0.0995. The van der Waals surface area contributed by atoms with E-state index in [4.69, 9.17) is 10.5 Å². The molecule has 0 atom stereocenters. The second-order valence-electron chi connectivity index (χ2n) is 2.98. The van der Waals surface area contributed by atoms with E-state index in [-0.39, 0.29) is 6.61 Å². The van der Waals surface area contributed by atoms with Gasteiger partial charge in [-0.15, -0.1) is 10.2 Å². The fourth-order valence-corrected chi connectivity index (χ4v) is 1.18. The first-order valence-corrected chi connectivity index (χ1v) is 4.51. The molecule has 0 radical (unpaired) electrons. The number of rotatable bonds is 4. The zero-order valence-electron chi connectivity index (χ0n) is 8.25. The van der Waals surface area contributed by atoms with Crippen LogP contribution in [0, 0.1) is 0 Å². The van der Waals surface area contributed by atoms with Gasteiger partial charge in [-0.1, -0.05) is 17.3 Å². The van der Waals surface area contributed by atoms with Crippen molar-refractivity contribution in [2.24, 2.45) is 5.73 Å². The molecule has 0 saturated carbocycles. The molecule has 7 heteroatoms. The molecule has 0 aliphatic rings. The molecule has 0 unspecified atom stereocenters. The maximum atomic E-state index is 11.1. The number of hydrogen-bond acceptors (Lipinski definition) is 5. The quantitative estimate of drug-likeness (QED) is 0.745. The smallest absolute Gasteiger partial charge is 0.252 e. The molecule has 1 aromatic carbocycles. The van der Waals surface area contributed by atoms with Crippen molar-refractivity contribution in [3.8, 4) is 5.75 Å². The van der Waals surface area contributed by atoms with Gasteiger partial charge in [0.25, 0.3) is 5.91 Å². The van der Waals surface area contributed by atoms with Crippen molar-refractivity contribution in [2.75, 3.05) is 0 Å². The van der Waals surface area contributed by atoms with Gasteiger partial charge >= 0.3 is 0 Å². The van der Waals surface area contributed by atoms with E-state index < -0.39 is 5.91 Å². The molecule has 0 saturated heterocycles. The highest BCUT2D eigenvalue weighted by Gasteiger charge is 2.09. The number of para-hydroxylation sites is 1. The Morgan fingerprint density at radius 1 is 1.44 bits per heavy atom. The first-order valence-electron chi connectivity index (χ1n) is 4.51. The summed E-state index contributed by atoms with van der Waals surface area (Å²) in [4.78, 5) is 11.1. The summed E-state index contributed by atoms with van der Waals surface area (Å²) in [7, 11) is 0. The van der Waals surface area contributed by atoms with E-state index in [1.165, 1.54) is 0 Å². The van der Waals surface area contributed by atoms with Gasteiger partial charge in [0.1, 0.15) is 5.75 Å². The van der Waals surface area contributed by atoms with Crippen LogP contribution in [0.25, 0.3) is 0 Å². The standard InChI is InChI=1S/C9H9N5O2/c10-9(15)6-3-1-2-4-7(6)16-5-8-11-13-14-12-8/h1-4H,5H2,(H2,10,15)(H,11,12,13,14). The monoisotopic (exact) mass is 219 g/mol. The zero-order chi connectivity index (χ0) is 11.4.